The number of benzene rings is 2. The molecule has 2 aromatic heterocycles. The normalized spacial score (nSPS) is 13.9. The van der Waals surface area contributed by atoms with Gasteiger partial charge in [-0.1, -0.05) is 23.7 Å². The molecule has 0 amide bonds. The summed E-state index contributed by atoms with van der Waals surface area (Å²) in [5, 5.41) is 25.9. The third-order valence-corrected chi connectivity index (χ3v) is 6.10. The molecule has 1 atom stereocenters. The molecule has 13 heteroatoms. The van der Waals surface area contributed by atoms with Crippen LogP contribution in [-0.4, -0.2) is 17.8 Å². The molecule has 2 aromatic carbocycles. The van der Waals surface area contributed by atoms with E-state index in [0.29, 0.717) is 33.4 Å². The van der Waals surface area contributed by atoms with Gasteiger partial charge in [-0.05, 0) is 29.8 Å². The predicted molar refractivity (Wildman–Crippen MR) is 139 cm³/mol. The molecular formula is C25H15BClF2N9. The second-order valence-electron chi connectivity index (χ2n) is 8.21. The van der Waals surface area contributed by atoms with Crippen LogP contribution >= 0.6 is 11.6 Å². The molecule has 184 valence electrons. The average Bonchev–Trinajstić information content (AvgIpc) is 3.47. The van der Waals surface area contributed by atoms with Crippen molar-refractivity contribution in [1.29, 1.82) is 10.5 Å². The third kappa shape index (κ3) is 4.50. The molecule has 1 aliphatic heterocycles. The molecule has 9 nitrogen and oxygen atoms in total. The Hall–Kier alpha value is -4.91. The summed E-state index contributed by atoms with van der Waals surface area (Å²) in [5.74, 6) is -2.40. The van der Waals surface area contributed by atoms with Crippen molar-refractivity contribution in [1.82, 2.24) is 26.4 Å². The van der Waals surface area contributed by atoms with Crippen LogP contribution in [0.2, 0.25) is 5.02 Å². The van der Waals surface area contributed by atoms with Crippen LogP contribution in [0.25, 0.3) is 10.9 Å². The Morgan fingerprint density at radius 1 is 1.03 bits per heavy atom. The minimum absolute atomic E-state index is 0.112. The first-order valence-electron chi connectivity index (χ1n) is 11.0. The van der Waals surface area contributed by atoms with Crippen LogP contribution < -0.4 is 27.0 Å². The zero-order valence-corrected chi connectivity index (χ0v) is 20.0. The molecule has 0 saturated carbocycles. The summed E-state index contributed by atoms with van der Waals surface area (Å²) < 4.78 is 27.2. The standard InChI is InChI=1S/C25H15BClF2N9/c26-25(21-12-34-38-37-21,15-3-1-2-13(4-15)8-30)36-16-5-18-22(35-17-7-20(28)24(29)33-11-17)14(9-31)10-32-23(18)19(27)6-16/h1-7,10-12,34,36-38H,(H,32,35). The Morgan fingerprint density at radius 3 is 2.58 bits per heavy atom. The van der Waals surface area contributed by atoms with Gasteiger partial charge in [0.15, 0.2) is 5.82 Å². The predicted octanol–water partition coefficient (Wildman–Crippen LogP) is 3.94. The maximum Gasteiger partial charge on any atom is 0.249 e. The van der Waals surface area contributed by atoms with Crippen LogP contribution in [0.3, 0.4) is 0 Å². The van der Waals surface area contributed by atoms with E-state index < -0.39 is 17.2 Å². The highest BCUT2D eigenvalue weighted by Crippen LogP contribution is 2.37. The molecule has 4 aromatic rings. The SMILES string of the molecule is [B]C(Nc1cc(Cl)c2ncc(C#N)c(Nc3cnc(F)c(F)c3)c2c1)(C1=CNNN1)c1cccc(C#N)c1. The van der Waals surface area contributed by atoms with Crippen LogP contribution in [-0.2, 0) is 5.44 Å². The average molecular weight is 526 g/mol. The van der Waals surface area contributed by atoms with E-state index in [9.17, 15) is 19.3 Å². The third-order valence-electron chi connectivity index (χ3n) is 5.81. The summed E-state index contributed by atoms with van der Waals surface area (Å²) in [4.78, 5) is 7.68. The monoisotopic (exact) mass is 525 g/mol. The summed E-state index contributed by atoms with van der Waals surface area (Å²) in [7, 11) is 6.88. The number of anilines is 3. The van der Waals surface area contributed by atoms with Crippen LogP contribution in [0.4, 0.5) is 25.8 Å². The molecule has 5 N–H and O–H groups in total. The lowest BCUT2D eigenvalue weighted by Crippen LogP contribution is -2.44. The molecule has 3 heterocycles. The second-order valence-corrected chi connectivity index (χ2v) is 8.62. The van der Waals surface area contributed by atoms with Crippen molar-refractivity contribution in [3.63, 3.8) is 0 Å². The van der Waals surface area contributed by atoms with Crippen molar-refractivity contribution in [2.75, 3.05) is 10.6 Å². The number of nitrogens with zero attached hydrogens (tertiary/aromatic N) is 4. The zero-order chi connectivity index (χ0) is 26.9. The van der Waals surface area contributed by atoms with Crippen molar-refractivity contribution in [2.45, 2.75) is 5.44 Å². The van der Waals surface area contributed by atoms with Gasteiger partial charge in [-0.25, -0.2) is 9.37 Å². The van der Waals surface area contributed by atoms with Gasteiger partial charge in [-0.3, -0.25) is 4.98 Å². The van der Waals surface area contributed by atoms with Gasteiger partial charge < -0.3 is 21.5 Å². The molecule has 38 heavy (non-hydrogen) atoms. The van der Waals surface area contributed by atoms with Crippen LogP contribution in [0, 0.1) is 34.4 Å². The Kier molecular flexibility index (Phi) is 6.43. The molecule has 0 spiro atoms. The molecule has 1 unspecified atom stereocenters. The molecule has 1 aliphatic rings. The van der Waals surface area contributed by atoms with E-state index in [2.05, 4.69) is 43.1 Å². The van der Waals surface area contributed by atoms with Crippen molar-refractivity contribution in [3.8, 4) is 12.1 Å². The lowest BCUT2D eigenvalue weighted by molar-refractivity contribution is 0.480. The van der Waals surface area contributed by atoms with Gasteiger partial charge >= 0.3 is 0 Å². The van der Waals surface area contributed by atoms with E-state index in [4.69, 9.17) is 19.4 Å². The quantitative estimate of drug-likeness (QED) is 0.187. The number of nitrogens with one attached hydrogen (secondary N) is 5. The number of hydrogen-bond donors (Lipinski definition) is 5. The number of fused-ring (bicyclic) bond motifs is 1. The van der Waals surface area contributed by atoms with Crippen molar-refractivity contribution in [2.24, 2.45) is 0 Å². The first-order chi connectivity index (χ1) is 18.3. The molecule has 2 radical (unpaired) electrons. The molecule has 5 rings (SSSR count). The Morgan fingerprint density at radius 2 is 1.87 bits per heavy atom. The highest BCUT2D eigenvalue weighted by Gasteiger charge is 2.33. The maximum atomic E-state index is 13.8. The summed E-state index contributed by atoms with van der Waals surface area (Å²) >= 11 is 6.59. The van der Waals surface area contributed by atoms with E-state index in [1.165, 1.54) is 6.20 Å². The van der Waals surface area contributed by atoms with E-state index in [1.54, 1.807) is 42.6 Å². The van der Waals surface area contributed by atoms with Gasteiger partial charge in [0.25, 0.3) is 0 Å². The summed E-state index contributed by atoms with van der Waals surface area (Å²) in [5.41, 5.74) is 9.86. The topological polar surface area (TPSA) is 134 Å². The van der Waals surface area contributed by atoms with Gasteiger partial charge in [0, 0.05) is 29.5 Å². The second kappa shape index (κ2) is 9.86. The van der Waals surface area contributed by atoms with E-state index in [0.717, 1.165) is 12.3 Å². The smallest absolute Gasteiger partial charge is 0.249 e. The van der Waals surface area contributed by atoms with Crippen molar-refractivity contribution >= 4 is 47.4 Å². The lowest BCUT2D eigenvalue weighted by Gasteiger charge is -2.34. The van der Waals surface area contributed by atoms with Gasteiger partial charge in [-0.15, -0.1) is 0 Å². The number of halogens is 3. The fraction of sp³-hybridized carbons (Fsp3) is 0.0400. The first kappa shape index (κ1) is 24.8. The molecule has 0 fully saturated rings. The van der Waals surface area contributed by atoms with Crippen LogP contribution in [0.15, 0.2) is 66.8 Å². The molecule has 0 saturated heterocycles. The van der Waals surface area contributed by atoms with Gasteiger partial charge in [-0.2, -0.15) is 20.4 Å². The number of pyridine rings is 2. The van der Waals surface area contributed by atoms with Gasteiger partial charge in [0.1, 0.15) is 13.9 Å². The Bertz CT molecular complexity index is 1700. The van der Waals surface area contributed by atoms with Crippen LogP contribution in [0.1, 0.15) is 16.7 Å². The Labute approximate surface area is 221 Å². The first-order valence-corrected chi connectivity index (χ1v) is 11.4. The number of rotatable bonds is 6. The highest BCUT2D eigenvalue weighted by molar-refractivity contribution is 6.36. The van der Waals surface area contributed by atoms with E-state index >= 15 is 0 Å². The molecule has 0 aliphatic carbocycles. The minimum atomic E-state index is -1.38. The number of hydrogen-bond acceptors (Lipinski definition) is 9. The fourth-order valence-electron chi connectivity index (χ4n) is 4.00. The number of hydrazine groups is 2. The number of nitriles is 2. The highest BCUT2D eigenvalue weighted by atomic mass is 35.5. The number of aromatic nitrogens is 2. The molecule has 0 bridgehead atoms. The maximum absolute atomic E-state index is 13.8. The van der Waals surface area contributed by atoms with Crippen molar-refractivity contribution < 1.29 is 8.78 Å². The summed E-state index contributed by atoms with van der Waals surface area (Å²) in [6.07, 6.45) is 4.04. The Balaban J connectivity index is 1.64. The lowest BCUT2D eigenvalue weighted by atomic mass is 9.69. The minimum Gasteiger partial charge on any atom is -0.378 e. The van der Waals surface area contributed by atoms with Gasteiger partial charge in [0.2, 0.25) is 5.95 Å². The van der Waals surface area contributed by atoms with E-state index in [-0.39, 0.29) is 22.0 Å². The largest absolute Gasteiger partial charge is 0.378 e. The summed E-state index contributed by atoms with van der Waals surface area (Å²) in [6.45, 7) is 0. The van der Waals surface area contributed by atoms with Crippen molar-refractivity contribution in [3.05, 3.63) is 100 Å². The van der Waals surface area contributed by atoms with Gasteiger partial charge in [0.05, 0.1) is 56.4 Å². The van der Waals surface area contributed by atoms with E-state index in [1.807, 2.05) is 6.07 Å². The summed E-state index contributed by atoms with van der Waals surface area (Å²) in [6, 6.07) is 15.1. The van der Waals surface area contributed by atoms with Crippen LogP contribution in [0.5, 0.6) is 0 Å². The zero-order valence-electron chi connectivity index (χ0n) is 19.3. The fourth-order valence-corrected chi connectivity index (χ4v) is 4.27. The molecular weight excluding hydrogens is 511 g/mol.